The van der Waals surface area contributed by atoms with E-state index < -0.39 is 10.0 Å². The Hall–Kier alpha value is -0.430. The number of sulfonamides is 1. The minimum Gasteiger partial charge on any atom is -0.377 e. The van der Waals surface area contributed by atoms with Crippen molar-refractivity contribution in [3.8, 4) is 0 Å². The fourth-order valence-corrected chi connectivity index (χ4v) is 4.33. The van der Waals surface area contributed by atoms with Gasteiger partial charge in [0.1, 0.15) is 0 Å². The SMILES string of the molecule is CCCOC1CCCN(S(=O)(=O)c2ccc(CBr)cc2)C1. The Morgan fingerprint density at radius 2 is 2.05 bits per heavy atom. The zero-order valence-electron chi connectivity index (χ0n) is 12.3. The Bertz CT molecular complexity index is 545. The van der Waals surface area contributed by atoms with Crippen LogP contribution in [0.1, 0.15) is 31.7 Å². The second kappa shape index (κ2) is 7.72. The van der Waals surface area contributed by atoms with E-state index in [4.69, 9.17) is 4.74 Å². The molecule has 118 valence electrons. The molecule has 6 heteroatoms. The number of hydrogen-bond donors (Lipinski definition) is 0. The van der Waals surface area contributed by atoms with E-state index in [9.17, 15) is 8.42 Å². The second-order valence-electron chi connectivity index (χ2n) is 5.28. The number of benzene rings is 1. The van der Waals surface area contributed by atoms with E-state index in [0.717, 1.165) is 30.2 Å². The van der Waals surface area contributed by atoms with E-state index in [-0.39, 0.29) is 6.10 Å². The molecule has 0 spiro atoms. The quantitative estimate of drug-likeness (QED) is 0.717. The maximum absolute atomic E-state index is 12.7. The first kappa shape index (κ1) is 16.9. The van der Waals surface area contributed by atoms with E-state index in [1.807, 2.05) is 12.1 Å². The van der Waals surface area contributed by atoms with E-state index in [0.29, 0.717) is 24.6 Å². The fraction of sp³-hybridized carbons (Fsp3) is 0.600. The minimum absolute atomic E-state index is 0.0234. The van der Waals surface area contributed by atoms with Crippen LogP contribution in [0.15, 0.2) is 29.2 Å². The molecule has 1 saturated heterocycles. The molecule has 1 unspecified atom stereocenters. The third-order valence-corrected chi connectivity index (χ3v) is 6.14. The molecule has 1 aromatic carbocycles. The van der Waals surface area contributed by atoms with Crippen LogP contribution in [-0.2, 0) is 20.1 Å². The van der Waals surface area contributed by atoms with E-state index in [1.165, 1.54) is 0 Å². The lowest BCUT2D eigenvalue weighted by molar-refractivity contribution is 0.0193. The van der Waals surface area contributed by atoms with E-state index in [1.54, 1.807) is 16.4 Å². The third kappa shape index (κ3) is 4.28. The lowest BCUT2D eigenvalue weighted by Gasteiger charge is -2.31. The predicted octanol–water partition coefficient (Wildman–Crippen LogP) is 3.16. The first-order chi connectivity index (χ1) is 10.1. The van der Waals surface area contributed by atoms with Crippen LogP contribution >= 0.6 is 15.9 Å². The van der Waals surface area contributed by atoms with Crippen LogP contribution in [0.2, 0.25) is 0 Å². The van der Waals surface area contributed by atoms with Gasteiger partial charge in [-0.2, -0.15) is 4.31 Å². The summed E-state index contributed by atoms with van der Waals surface area (Å²) >= 11 is 3.36. The Kier molecular flexibility index (Phi) is 6.22. The highest BCUT2D eigenvalue weighted by Gasteiger charge is 2.30. The van der Waals surface area contributed by atoms with Crippen LogP contribution in [0, 0.1) is 0 Å². The Morgan fingerprint density at radius 1 is 1.33 bits per heavy atom. The van der Waals surface area contributed by atoms with Gasteiger partial charge >= 0.3 is 0 Å². The molecule has 1 atom stereocenters. The monoisotopic (exact) mass is 375 g/mol. The van der Waals surface area contributed by atoms with Crippen LogP contribution in [0.3, 0.4) is 0 Å². The standard InChI is InChI=1S/C15H22BrNO3S/c1-2-10-20-14-4-3-9-17(12-14)21(18,19)15-7-5-13(11-16)6-8-15/h5-8,14H,2-4,9-12H2,1H3. The predicted molar refractivity (Wildman–Crippen MR) is 87.1 cm³/mol. The first-order valence-corrected chi connectivity index (χ1v) is 9.90. The summed E-state index contributed by atoms with van der Waals surface area (Å²) in [6, 6.07) is 7.05. The number of nitrogens with zero attached hydrogens (tertiary/aromatic N) is 1. The van der Waals surface area contributed by atoms with Gasteiger partial charge in [0.25, 0.3) is 0 Å². The molecule has 0 saturated carbocycles. The molecule has 1 fully saturated rings. The number of hydrogen-bond acceptors (Lipinski definition) is 3. The molecule has 0 N–H and O–H groups in total. The Labute approximate surface area is 135 Å². The van der Waals surface area contributed by atoms with Gasteiger partial charge in [0.15, 0.2) is 0 Å². The number of ether oxygens (including phenoxy) is 1. The Morgan fingerprint density at radius 3 is 2.67 bits per heavy atom. The van der Waals surface area contributed by atoms with Gasteiger partial charge < -0.3 is 4.74 Å². The zero-order chi connectivity index (χ0) is 15.3. The van der Waals surface area contributed by atoms with Gasteiger partial charge in [-0.15, -0.1) is 0 Å². The van der Waals surface area contributed by atoms with Crippen LogP contribution in [-0.4, -0.2) is 38.5 Å². The topological polar surface area (TPSA) is 46.6 Å². The molecular formula is C15H22BrNO3S. The maximum Gasteiger partial charge on any atom is 0.243 e. The van der Waals surface area contributed by atoms with Crippen LogP contribution < -0.4 is 0 Å². The van der Waals surface area contributed by atoms with Crippen LogP contribution in [0.5, 0.6) is 0 Å². The van der Waals surface area contributed by atoms with E-state index >= 15 is 0 Å². The summed E-state index contributed by atoms with van der Waals surface area (Å²) in [6.07, 6.45) is 2.77. The van der Waals surface area contributed by atoms with E-state index in [2.05, 4.69) is 22.9 Å². The maximum atomic E-state index is 12.7. The summed E-state index contributed by atoms with van der Waals surface area (Å²) in [5, 5.41) is 0.726. The number of rotatable bonds is 6. The zero-order valence-corrected chi connectivity index (χ0v) is 14.7. The highest BCUT2D eigenvalue weighted by molar-refractivity contribution is 9.08. The molecule has 0 aliphatic carbocycles. The highest BCUT2D eigenvalue weighted by atomic mass is 79.9. The molecule has 1 heterocycles. The van der Waals surface area contributed by atoms with Crippen molar-refractivity contribution in [2.75, 3.05) is 19.7 Å². The summed E-state index contributed by atoms with van der Waals surface area (Å²) in [4.78, 5) is 0.364. The van der Waals surface area contributed by atoms with Gasteiger partial charge in [-0.1, -0.05) is 35.0 Å². The molecule has 1 aliphatic rings. The molecule has 1 aromatic rings. The third-order valence-electron chi connectivity index (χ3n) is 3.61. The van der Waals surface area contributed by atoms with Crippen molar-refractivity contribution in [2.45, 2.75) is 42.5 Å². The summed E-state index contributed by atoms with van der Waals surface area (Å²) in [5.41, 5.74) is 1.07. The number of piperidine rings is 1. The number of alkyl halides is 1. The van der Waals surface area contributed by atoms with Gasteiger partial charge in [0.05, 0.1) is 11.0 Å². The molecule has 0 aromatic heterocycles. The van der Waals surface area contributed by atoms with Crippen molar-refractivity contribution in [3.05, 3.63) is 29.8 Å². The normalized spacial score (nSPS) is 20.6. The largest absolute Gasteiger partial charge is 0.377 e. The number of halogens is 1. The summed E-state index contributed by atoms with van der Waals surface area (Å²) in [5.74, 6) is 0. The van der Waals surface area contributed by atoms with Crippen molar-refractivity contribution < 1.29 is 13.2 Å². The summed E-state index contributed by atoms with van der Waals surface area (Å²) < 4.78 is 32.6. The molecule has 2 rings (SSSR count). The highest BCUT2D eigenvalue weighted by Crippen LogP contribution is 2.22. The van der Waals surface area contributed by atoms with Crippen molar-refractivity contribution in [3.63, 3.8) is 0 Å². The average molecular weight is 376 g/mol. The van der Waals surface area contributed by atoms with Crippen LogP contribution in [0.4, 0.5) is 0 Å². The molecule has 1 aliphatic heterocycles. The van der Waals surface area contributed by atoms with Crippen molar-refractivity contribution in [1.82, 2.24) is 4.31 Å². The van der Waals surface area contributed by atoms with Crippen molar-refractivity contribution >= 4 is 26.0 Å². The molecule has 0 radical (unpaired) electrons. The Balaban J connectivity index is 2.10. The first-order valence-electron chi connectivity index (χ1n) is 7.34. The average Bonchev–Trinajstić information content (AvgIpc) is 2.53. The second-order valence-corrected chi connectivity index (χ2v) is 7.77. The molecule has 0 bridgehead atoms. The lowest BCUT2D eigenvalue weighted by atomic mass is 10.1. The van der Waals surface area contributed by atoms with Gasteiger partial charge in [-0.3, -0.25) is 0 Å². The lowest BCUT2D eigenvalue weighted by Crippen LogP contribution is -2.43. The van der Waals surface area contributed by atoms with Gasteiger partial charge in [-0.05, 0) is 37.0 Å². The fourth-order valence-electron chi connectivity index (χ4n) is 2.44. The van der Waals surface area contributed by atoms with Crippen LogP contribution in [0.25, 0.3) is 0 Å². The molecular weight excluding hydrogens is 354 g/mol. The van der Waals surface area contributed by atoms with Gasteiger partial charge in [-0.25, -0.2) is 8.42 Å². The molecule has 21 heavy (non-hydrogen) atoms. The minimum atomic E-state index is -3.41. The molecule has 4 nitrogen and oxygen atoms in total. The summed E-state index contributed by atoms with van der Waals surface area (Å²) in [6.45, 7) is 3.79. The smallest absolute Gasteiger partial charge is 0.243 e. The summed E-state index contributed by atoms with van der Waals surface area (Å²) in [7, 11) is -3.41. The van der Waals surface area contributed by atoms with Crippen molar-refractivity contribution in [2.24, 2.45) is 0 Å². The van der Waals surface area contributed by atoms with Gasteiger partial charge in [0, 0.05) is 25.0 Å². The molecule has 0 amide bonds. The van der Waals surface area contributed by atoms with Gasteiger partial charge in [0.2, 0.25) is 10.0 Å². The van der Waals surface area contributed by atoms with Crippen molar-refractivity contribution in [1.29, 1.82) is 0 Å².